The van der Waals surface area contributed by atoms with E-state index in [1.165, 1.54) is 0 Å². The predicted octanol–water partition coefficient (Wildman–Crippen LogP) is 1.69. The van der Waals surface area contributed by atoms with Crippen molar-refractivity contribution in [3.63, 3.8) is 0 Å². The minimum absolute atomic E-state index is 0.252. The topological polar surface area (TPSA) is 34.1 Å². The minimum Gasteiger partial charge on any atom is -0.290 e. The highest BCUT2D eigenvalue weighted by atomic mass is 16.2. The quantitative estimate of drug-likeness (QED) is 0.561. The van der Waals surface area contributed by atoms with E-state index in [0.717, 1.165) is 11.1 Å². The highest BCUT2D eigenvalue weighted by molar-refractivity contribution is 6.44. The van der Waals surface area contributed by atoms with Crippen LogP contribution in [0.15, 0.2) is 18.2 Å². The lowest BCUT2D eigenvalue weighted by Crippen LogP contribution is -2.22. The molecule has 0 atom stereocenters. The van der Waals surface area contributed by atoms with E-state index in [1.807, 2.05) is 19.1 Å². The van der Waals surface area contributed by atoms with Gasteiger partial charge in [0.25, 0.3) is 0 Å². The van der Waals surface area contributed by atoms with Crippen molar-refractivity contribution in [2.45, 2.75) is 19.8 Å². The summed E-state index contributed by atoms with van der Waals surface area (Å²) in [6.07, 6.45) is 1.08. The molecule has 1 aromatic rings. The van der Waals surface area contributed by atoms with E-state index in [2.05, 4.69) is 0 Å². The Kier molecular flexibility index (Phi) is 1.76. The molecule has 0 saturated heterocycles. The highest BCUT2D eigenvalue weighted by Gasteiger charge is 2.24. The lowest BCUT2D eigenvalue weighted by atomic mass is 9.89. The van der Waals surface area contributed by atoms with Crippen LogP contribution in [0.2, 0.25) is 0 Å². The molecule has 0 heterocycles. The zero-order valence-electron chi connectivity index (χ0n) is 7.46. The van der Waals surface area contributed by atoms with E-state index in [9.17, 15) is 9.59 Å². The van der Waals surface area contributed by atoms with Crippen LogP contribution in [0.1, 0.15) is 27.9 Å². The Balaban J connectivity index is 2.58. The van der Waals surface area contributed by atoms with Crippen LogP contribution in [0.25, 0.3) is 0 Å². The standard InChI is InChI=1S/C11H10O2/c1-7-2-3-8-4-5-10(12)11(13)9(8)6-7/h2-3,6H,4-5H2,1H3. The molecule has 13 heavy (non-hydrogen) atoms. The molecule has 0 aliphatic heterocycles. The maximum atomic E-state index is 11.4. The average molecular weight is 174 g/mol. The van der Waals surface area contributed by atoms with Gasteiger partial charge in [-0.25, -0.2) is 0 Å². The van der Waals surface area contributed by atoms with Crippen LogP contribution in [0, 0.1) is 6.92 Å². The fourth-order valence-electron chi connectivity index (χ4n) is 1.63. The van der Waals surface area contributed by atoms with E-state index < -0.39 is 0 Å². The van der Waals surface area contributed by atoms with Crippen molar-refractivity contribution in [3.8, 4) is 0 Å². The maximum Gasteiger partial charge on any atom is 0.228 e. The molecule has 66 valence electrons. The number of aryl methyl sites for hydroxylation is 2. The van der Waals surface area contributed by atoms with Gasteiger partial charge in [-0.3, -0.25) is 9.59 Å². The fourth-order valence-corrected chi connectivity index (χ4v) is 1.63. The fraction of sp³-hybridized carbons (Fsp3) is 0.273. The van der Waals surface area contributed by atoms with Crippen molar-refractivity contribution >= 4 is 11.6 Å². The summed E-state index contributed by atoms with van der Waals surface area (Å²) in [6, 6.07) is 5.71. The smallest absolute Gasteiger partial charge is 0.228 e. The van der Waals surface area contributed by atoms with Crippen molar-refractivity contribution in [3.05, 3.63) is 34.9 Å². The van der Waals surface area contributed by atoms with E-state index in [0.29, 0.717) is 18.4 Å². The van der Waals surface area contributed by atoms with Crippen molar-refractivity contribution in [2.24, 2.45) is 0 Å². The molecule has 1 aromatic carbocycles. The summed E-state index contributed by atoms with van der Waals surface area (Å²) in [4.78, 5) is 22.5. The summed E-state index contributed by atoms with van der Waals surface area (Å²) in [5.41, 5.74) is 2.65. The number of carbonyl (C=O) groups is 2. The Hall–Kier alpha value is -1.44. The molecule has 1 aliphatic carbocycles. The van der Waals surface area contributed by atoms with Gasteiger partial charge in [-0.1, -0.05) is 17.7 Å². The molecule has 0 radical (unpaired) electrons. The SMILES string of the molecule is Cc1ccc2c(c1)C(=O)C(=O)CC2. The zero-order chi connectivity index (χ0) is 9.42. The van der Waals surface area contributed by atoms with Gasteiger partial charge >= 0.3 is 0 Å². The number of carbonyl (C=O) groups excluding carboxylic acids is 2. The number of ketones is 2. The zero-order valence-corrected chi connectivity index (χ0v) is 7.46. The summed E-state index contributed by atoms with van der Waals surface area (Å²) in [5, 5.41) is 0. The maximum absolute atomic E-state index is 11.4. The van der Waals surface area contributed by atoms with Crippen LogP contribution in [-0.2, 0) is 11.2 Å². The number of rotatable bonds is 0. The molecule has 1 aliphatic rings. The van der Waals surface area contributed by atoms with Crippen LogP contribution < -0.4 is 0 Å². The first-order valence-corrected chi connectivity index (χ1v) is 4.35. The summed E-state index contributed by atoms with van der Waals surface area (Å²) < 4.78 is 0. The van der Waals surface area contributed by atoms with E-state index in [-0.39, 0.29) is 11.6 Å². The number of benzene rings is 1. The molecule has 2 nitrogen and oxygen atoms in total. The van der Waals surface area contributed by atoms with Crippen molar-refractivity contribution < 1.29 is 9.59 Å². The van der Waals surface area contributed by atoms with Crippen molar-refractivity contribution in [1.82, 2.24) is 0 Å². The molecule has 0 aromatic heterocycles. The Morgan fingerprint density at radius 3 is 2.69 bits per heavy atom. The molecule has 0 unspecified atom stereocenters. The second-order valence-corrected chi connectivity index (χ2v) is 3.41. The number of fused-ring (bicyclic) bond motifs is 1. The summed E-state index contributed by atoms with van der Waals surface area (Å²) in [6.45, 7) is 1.92. The van der Waals surface area contributed by atoms with Crippen LogP contribution >= 0.6 is 0 Å². The molecule has 0 fully saturated rings. The second-order valence-electron chi connectivity index (χ2n) is 3.41. The van der Waals surface area contributed by atoms with Gasteiger partial charge in [0.2, 0.25) is 11.6 Å². The van der Waals surface area contributed by atoms with Gasteiger partial charge in [0, 0.05) is 12.0 Å². The van der Waals surface area contributed by atoms with Crippen LogP contribution in [-0.4, -0.2) is 11.6 Å². The van der Waals surface area contributed by atoms with Crippen molar-refractivity contribution in [2.75, 3.05) is 0 Å². The molecule has 0 saturated carbocycles. The summed E-state index contributed by atoms with van der Waals surface area (Å²) in [7, 11) is 0. The minimum atomic E-state index is -0.315. The van der Waals surface area contributed by atoms with Gasteiger partial charge in [-0.05, 0) is 25.0 Å². The number of hydrogen-bond acceptors (Lipinski definition) is 2. The summed E-state index contributed by atoms with van der Waals surface area (Å²) in [5.74, 6) is -0.567. The molecule has 2 rings (SSSR count). The Morgan fingerprint density at radius 2 is 1.92 bits per heavy atom. The van der Waals surface area contributed by atoms with Gasteiger partial charge in [0.15, 0.2) is 0 Å². The largest absolute Gasteiger partial charge is 0.290 e. The monoisotopic (exact) mass is 174 g/mol. The Bertz CT molecular complexity index is 391. The van der Waals surface area contributed by atoms with Gasteiger partial charge in [-0.15, -0.1) is 0 Å². The van der Waals surface area contributed by atoms with Gasteiger partial charge in [0.05, 0.1) is 0 Å². The third kappa shape index (κ3) is 1.28. The number of hydrogen-bond donors (Lipinski definition) is 0. The van der Waals surface area contributed by atoms with E-state index in [4.69, 9.17) is 0 Å². The first-order valence-electron chi connectivity index (χ1n) is 4.35. The van der Waals surface area contributed by atoms with Gasteiger partial charge in [0.1, 0.15) is 0 Å². The second kappa shape index (κ2) is 2.80. The third-order valence-electron chi connectivity index (χ3n) is 2.38. The molecule has 0 N–H and O–H groups in total. The predicted molar refractivity (Wildman–Crippen MR) is 48.8 cm³/mol. The van der Waals surface area contributed by atoms with Gasteiger partial charge < -0.3 is 0 Å². The normalized spacial score (nSPS) is 15.8. The van der Waals surface area contributed by atoms with Crippen molar-refractivity contribution in [1.29, 1.82) is 0 Å². The molecule has 0 amide bonds. The van der Waals surface area contributed by atoms with E-state index in [1.54, 1.807) is 6.07 Å². The molecular weight excluding hydrogens is 164 g/mol. The van der Waals surface area contributed by atoms with Crippen LogP contribution in [0.5, 0.6) is 0 Å². The molecule has 2 heteroatoms. The first-order chi connectivity index (χ1) is 6.18. The Labute approximate surface area is 76.6 Å². The Morgan fingerprint density at radius 1 is 1.15 bits per heavy atom. The van der Waals surface area contributed by atoms with E-state index >= 15 is 0 Å². The summed E-state index contributed by atoms with van der Waals surface area (Å²) >= 11 is 0. The first kappa shape index (κ1) is 8.17. The molecule has 0 bridgehead atoms. The van der Waals surface area contributed by atoms with Crippen LogP contribution in [0.4, 0.5) is 0 Å². The van der Waals surface area contributed by atoms with Crippen LogP contribution in [0.3, 0.4) is 0 Å². The lowest BCUT2D eigenvalue weighted by molar-refractivity contribution is -0.115. The lowest BCUT2D eigenvalue weighted by Gasteiger charge is -2.13. The molecular formula is C11H10O2. The van der Waals surface area contributed by atoms with Gasteiger partial charge in [-0.2, -0.15) is 0 Å². The number of Topliss-reactive ketones (excluding diaryl/α,β-unsaturated/α-hetero) is 2. The average Bonchev–Trinajstić information content (AvgIpc) is 2.12. The molecule has 0 spiro atoms. The highest BCUT2D eigenvalue weighted by Crippen LogP contribution is 2.20. The third-order valence-corrected chi connectivity index (χ3v) is 2.38.